The Morgan fingerprint density at radius 2 is 1.73 bits per heavy atom. The van der Waals surface area contributed by atoms with Gasteiger partial charge in [-0.25, -0.2) is 4.98 Å². The first kappa shape index (κ1) is 20.1. The Morgan fingerprint density at radius 3 is 2.53 bits per heavy atom. The maximum absolute atomic E-state index is 13.0. The average Bonchev–Trinajstić information content (AvgIpc) is 3.17. The standard InChI is InChI=1S/C25H23NO3S/c1-17(2)23(24-21-13-7-6-9-18(21)16-30-24)25(27)28-15-19-10-8-14-22(26-19)29-20-11-4-3-5-12-20/h3-14,16-17,23H,15H2,1-2H3. The molecule has 1 unspecified atom stereocenters. The molecule has 0 spiro atoms. The number of fused-ring (bicyclic) bond motifs is 1. The van der Waals surface area contributed by atoms with Crippen molar-refractivity contribution < 1.29 is 14.3 Å². The summed E-state index contributed by atoms with van der Waals surface area (Å²) in [6.45, 7) is 4.21. The van der Waals surface area contributed by atoms with E-state index in [-0.39, 0.29) is 24.4 Å². The molecule has 1 atom stereocenters. The van der Waals surface area contributed by atoms with E-state index >= 15 is 0 Å². The topological polar surface area (TPSA) is 48.4 Å². The lowest BCUT2D eigenvalue weighted by Gasteiger charge is -2.19. The van der Waals surface area contributed by atoms with Gasteiger partial charge in [0.05, 0.1) is 11.6 Å². The largest absolute Gasteiger partial charge is 0.459 e. The third-order valence-electron chi connectivity index (χ3n) is 4.85. The Kier molecular flexibility index (Phi) is 6.10. The predicted molar refractivity (Wildman–Crippen MR) is 120 cm³/mol. The smallest absolute Gasteiger partial charge is 0.314 e. The summed E-state index contributed by atoms with van der Waals surface area (Å²) in [6, 6.07) is 23.1. The number of thiophene rings is 1. The van der Waals surface area contributed by atoms with Crippen LogP contribution in [0.15, 0.2) is 78.2 Å². The third-order valence-corrected chi connectivity index (χ3v) is 5.95. The molecule has 4 aromatic rings. The van der Waals surface area contributed by atoms with Gasteiger partial charge in [0.1, 0.15) is 12.4 Å². The second-order valence-electron chi connectivity index (χ2n) is 7.40. The van der Waals surface area contributed by atoms with Gasteiger partial charge in [-0.15, -0.1) is 11.3 Å². The van der Waals surface area contributed by atoms with Crippen LogP contribution in [0.25, 0.3) is 10.8 Å². The van der Waals surface area contributed by atoms with Crippen LogP contribution in [-0.2, 0) is 16.1 Å². The lowest BCUT2D eigenvalue weighted by atomic mass is 9.92. The summed E-state index contributed by atoms with van der Waals surface area (Å²) >= 11 is 1.62. The molecule has 0 N–H and O–H groups in total. The molecule has 0 bridgehead atoms. The lowest BCUT2D eigenvalue weighted by molar-refractivity contribution is -0.148. The summed E-state index contributed by atoms with van der Waals surface area (Å²) in [5.41, 5.74) is 0.648. The van der Waals surface area contributed by atoms with Crippen LogP contribution in [0.2, 0.25) is 0 Å². The summed E-state index contributed by atoms with van der Waals surface area (Å²) in [5, 5.41) is 4.37. The number of ether oxygens (including phenoxy) is 2. The van der Waals surface area contributed by atoms with Gasteiger partial charge in [-0.2, -0.15) is 0 Å². The fraction of sp³-hybridized carbons (Fsp3) is 0.200. The molecule has 152 valence electrons. The van der Waals surface area contributed by atoms with E-state index in [0.29, 0.717) is 17.3 Å². The number of esters is 1. The molecular weight excluding hydrogens is 394 g/mol. The Balaban J connectivity index is 1.47. The van der Waals surface area contributed by atoms with Crippen molar-refractivity contribution in [2.75, 3.05) is 0 Å². The van der Waals surface area contributed by atoms with Crippen molar-refractivity contribution >= 4 is 28.1 Å². The van der Waals surface area contributed by atoms with Crippen molar-refractivity contribution in [2.45, 2.75) is 26.4 Å². The third kappa shape index (κ3) is 4.52. The Hall–Kier alpha value is -3.18. The van der Waals surface area contributed by atoms with Crippen LogP contribution < -0.4 is 4.74 Å². The highest BCUT2D eigenvalue weighted by Crippen LogP contribution is 2.37. The van der Waals surface area contributed by atoms with Crippen molar-refractivity contribution in [3.63, 3.8) is 0 Å². The van der Waals surface area contributed by atoms with E-state index in [1.54, 1.807) is 17.4 Å². The molecule has 0 aliphatic carbocycles. The monoisotopic (exact) mass is 417 g/mol. The maximum atomic E-state index is 13.0. The number of benzene rings is 2. The predicted octanol–water partition coefficient (Wildman–Crippen LogP) is 6.57. The molecule has 0 radical (unpaired) electrons. The number of nitrogens with zero attached hydrogens (tertiary/aromatic N) is 1. The first-order valence-corrected chi connectivity index (χ1v) is 10.8. The SMILES string of the molecule is CC(C)C(C(=O)OCc1cccc(Oc2ccccc2)n1)c1scc2ccccc12. The van der Waals surface area contributed by atoms with E-state index in [1.165, 1.54) is 0 Å². The molecule has 5 heteroatoms. The molecular formula is C25H23NO3S. The quantitative estimate of drug-likeness (QED) is 0.319. The van der Waals surface area contributed by atoms with Crippen LogP contribution in [0.1, 0.15) is 30.3 Å². The van der Waals surface area contributed by atoms with Gasteiger partial charge in [0.2, 0.25) is 5.88 Å². The second kappa shape index (κ2) is 9.09. The Labute approximate surface area is 180 Å². The molecule has 30 heavy (non-hydrogen) atoms. The van der Waals surface area contributed by atoms with E-state index in [1.807, 2.05) is 68.4 Å². The zero-order chi connectivity index (χ0) is 20.9. The van der Waals surface area contributed by atoms with Gasteiger partial charge in [0.15, 0.2) is 0 Å². The van der Waals surface area contributed by atoms with Crippen molar-refractivity contribution in [3.8, 4) is 11.6 Å². The minimum atomic E-state index is -0.307. The highest BCUT2D eigenvalue weighted by molar-refractivity contribution is 7.11. The highest BCUT2D eigenvalue weighted by Gasteiger charge is 2.28. The summed E-state index contributed by atoms with van der Waals surface area (Å²) in [5.74, 6) is 0.774. The number of aromatic nitrogens is 1. The summed E-state index contributed by atoms with van der Waals surface area (Å²) < 4.78 is 11.4. The minimum absolute atomic E-state index is 0.108. The maximum Gasteiger partial charge on any atom is 0.314 e. The van der Waals surface area contributed by atoms with Crippen LogP contribution in [0.4, 0.5) is 0 Å². The molecule has 0 aliphatic rings. The van der Waals surface area contributed by atoms with Gasteiger partial charge in [0, 0.05) is 10.9 Å². The number of rotatable bonds is 7. The van der Waals surface area contributed by atoms with Crippen molar-refractivity contribution in [1.29, 1.82) is 0 Å². The zero-order valence-corrected chi connectivity index (χ0v) is 17.8. The fourth-order valence-corrected chi connectivity index (χ4v) is 4.66. The van der Waals surface area contributed by atoms with Crippen LogP contribution in [0, 0.1) is 5.92 Å². The molecule has 2 heterocycles. The van der Waals surface area contributed by atoms with Gasteiger partial charge in [-0.05, 0) is 40.3 Å². The van der Waals surface area contributed by atoms with Gasteiger partial charge in [-0.3, -0.25) is 4.79 Å². The van der Waals surface area contributed by atoms with Crippen LogP contribution in [0.3, 0.4) is 0 Å². The first-order valence-electron chi connectivity index (χ1n) is 9.93. The molecule has 0 saturated carbocycles. The fourth-order valence-electron chi connectivity index (χ4n) is 3.38. The average molecular weight is 418 g/mol. The molecule has 0 fully saturated rings. The number of carbonyl (C=O) groups is 1. The Bertz CT molecular complexity index is 1140. The number of hydrogen-bond acceptors (Lipinski definition) is 5. The number of carbonyl (C=O) groups excluding carboxylic acids is 1. The van der Waals surface area contributed by atoms with Crippen LogP contribution in [0.5, 0.6) is 11.6 Å². The van der Waals surface area contributed by atoms with E-state index in [4.69, 9.17) is 9.47 Å². The first-order chi connectivity index (χ1) is 14.6. The highest BCUT2D eigenvalue weighted by atomic mass is 32.1. The Morgan fingerprint density at radius 1 is 0.967 bits per heavy atom. The van der Waals surface area contributed by atoms with Gasteiger partial charge < -0.3 is 9.47 Å². The van der Waals surface area contributed by atoms with E-state index in [0.717, 1.165) is 15.6 Å². The second-order valence-corrected chi connectivity index (χ2v) is 8.31. The summed E-state index contributed by atoms with van der Waals surface area (Å²) in [7, 11) is 0. The lowest BCUT2D eigenvalue weighted by Crippen LogP contribution is -2.20. The molecule has 0 aliphatic heterocycles. The molecule has 0 saturated heterocycles. The van der Waals surface area contributed by atoms with E-state index in [2.05, 4.69) is 22.5 Å². The normalized spacial score (nSPS) is 12.1. The number of hydrogen-bond donors (Lipinski definition) is 0. The van der Waals surface area contributed by atoms with Crippen LogP contribution >= 0.6 is 11.3 Å². The number of pyridine rings is 1. The van der Waals surface area contributed by atoms with E-state index < -0.39 is 0 Å². The molecule has 4 nitrogen and oxygen atoms in total. The van der Waals surface area contributed by atoms with Crippen molar-refractivity contribution in [2.24, 2.45) is 5.92 Å². The zero-order valence-electron chi connectivity index (χ0n) is 16.9. The molecule has 0 amide bonds. The van der Waals surface area contributed by atoms with Crippen molar-refractivity contribution in [1.82, 2.24) is 4.98 Å². The molecule has 4 rings (SSSR count). The van der Waals surface area contributed by atoms with Crippen molar-refractivity contribution in [3.05, 3.63) is 88.7 Å². The van der Waals surface area contributed by atoms with Crippen LogP contribution in [-0.4, -0.2) is 11.0 Å². The summed E-state index contributed by atoms with van der Waals surface area (Å²) in [4.78, 5) is 18.5. The summed E-state index contributed by atoms with van der Waals surface area (Å²) in [6.07, 6.45) is 0. The molecule has 2 aromatic heterocycles. The minimum Gasteiger partial charge on any atom is -0.459 e. The van der Waals surface area contributed by atoms with Gasteiger partial charge in [0.25, 0.3) is 0 Å². The molecule has 2 aromatic carbocycles. The van der Waals surface area contributed by atoms with Gasteiger partial charge >= 0.3 is 5.97 Å². The van der Waals surface area contributed by atoms with Gasteiger partial charge in [-0.1, -0.05) is 62.4 Å². The van der Waals surface area contributed by atoms with E-state index in [9.17, 15) is 4.79 Å². The number of para-hydroxylation sites is 1.